The maximum Gasteiger partial charge on any atom is 0.116 e. The Morgan fingerprint density at radius 1 is 1.13 bits per heavy atom. The van der Waals surface area contributed by atoms with E-state index in [0.29, 0.717) is 5.75 Å². The molecule has 0 radical (unpaired) electrons. The van der Waals surface area contributed by atoms with Crippen LogP contribution >= 0.6 is 0 Å². The molecule has 0 atom stereocenters. The molecule has 1 aromatic carbocycles. The molecule has 0 saturated carbocycles. The molecule has 0 bridgehead atoms. The van der Waals surface area contributed by atoms with Crippen molar-refractivity contribution in [1.82, 2.24) is 4.57 Å². The standard InChI is InChI=1S/C13H13NO/c1-14-9-3-5-12(14)8-7-11-4-2-6-13(15)10-11/h2-10,15H,1H3. The molecule has 1 N–H and O–H groups in total. The predicted octanol–water partition coefficient (Wildman–Crippen LogP) is 2.90. The lowest BCUT2D eigenvalue weighted by molar-refractivity contribution is 0.475. The highest BCUT2D eigenvalue weighted by Gasteiger charge is 1.92. The minimum absolute atomic E-state index is 0.295. The molecular formula is C13H13NO. The minimum Gasteiger partial charge on any atom is -0.508 e. The number of aromatic hydroxyl groups is 1. The van der Waals surface area contributed by atoms with E-state index < -0.39 is 0 Å². The van der Waals surface area contributed by atoms with Crippen LogP contribution in [-0.4, -0.2) is 9.67 Å². The van der Waals surface area contributed by atoms with Crippen molar-refractivity contribution in [3.63, 3.8) is 0 Å². The molecule has 0 unspecified atom stereocenters. The molecule has 0 aliphatic carbocycles. The monoisotopic (exact) mass is 199 g/mol. The predicted molar refractivity (Wildman–Crippen MR) is 62.4 cm³/mol. The van der Waals surface area contributed by atoms with E-state index in [-0.39, 0.29) is 0 Å². The Morgan fingerprint density at radius 3 is 2.67 bits per heavy atom. The number of nitrogens with zero attached hydrogens (tertiary/aromatic N) is 1. The average molecular weight is 199 g/mol. The van der Waals surface area contributed by atoms with E-state index in [1.807, 2.05) is 54.2 Å². The Hall–Kier alpha value is -1.96. The van der Waals surface area contributed by atoms with Crippen LogP contribution in [0.15, 0.2) is 42.6 Å². The molecule has 2 nitrogen and oxygen atoms in total. The lowest BCUT2D eigenvalue weighted by Crippen LogP contribution is -1.86. The summed E-state index contributed by atoms with van der Waals surface area (Å²) in [5, 5.41) is 9.29. The first-order chi connectivity index (χ1) is 7.25. The van der Waals surface area contributed by atoms with Gasteiger partial charge in [0, 0.05) is 18.9 Å². The van der Waals surface area contributed by atoms with Gasteiger partial charge in [-0.15, -0.1) is 0 Å². The van der Waals surface area contributed by atoms with Gasteiger partial charge in [0.1, 0.15) is 5.75 Å². The van der Waals surface area contributed by atoms with Gasteiger partial charge < -0.3 is 9.67 Å². The summed E-state index contributed by atoms with van der Waals surface area (Å²) in [4.78, 5) is 0. The molecule has 76 valence electrons. The van der Waals surface area contributed by atoms with Gasteiger partial charge in [0.2, 0.25) is 0 Å². The van der Waals surface area contributed by atoms with Crippen molar-refractivity contribution in [2.24, 2.45) is 7.05 Å². The van der Waals surface area contributed by atoms with E-state index in [9.17, 15) is 5.11 Å². The Labute approximate surface area is 89.1 Å². The van der Waals surface area contributed by atoms with Crippen LogP contribution in [0, 0.1) is 0 Å². The second-order valence-corrected chi connectivity index (χ2v) is 3.47. The molecule has 2 aromatic rings. The normalized spacial score (nSPS) is 11.0. The second kappa shape index (κ2) is 4.05. The molecule has 0 spiro atoms. The zero-order chi connectivity index (χ0) is 10.7. The van der Waals surface area contributed by atoms with E-state index in [1.54, 1.807) is 12.1 Å². The first kappa shape index (κ1) is 9.59. The average Bonchev–Trinajstić information content (AvgIpc) is 2.61. The summed E-state index contributed by atoms with van der Waals surface area (Å²) < 4.78 is 2.04. The van der Waals surface area contributed by atoms with Gasteiger partial charge in [-0.25, -0.2) is 0 Å². The third kappa shape index (κ3) is 2.29. The third-order valence-corrected chi connectivity index (χ3v) is 2.30. The molecule has 0 saturated heterocycles. The van der Waals surface area contributed by atoms with Gasteiger partial charge in [0.05, 0.1) is 0 Å². The minimum atomic E-state index is 0.295. The number of phenols is 1. The zero-order valence-corrected chi connectivity index (χ0v) is 8.59. The second-order valence-electron chi connectivity index (χ2n) is 3.47. The van der Waals surface area contributed by atoms with Gasteiger partial charge in [-0.05, 0) is 35.9 Å². The molecule has 0 fully saturated rings. The Balaban J connectivity index is 2.22. The molecule has 0 aliphatic rings. The highest BCUT2D eigenvalue weighted by Crippen LogP contribution is 2.13. The molecule has 1 heterocycles. The Morgan fingerprint density at radius 2 is 2.00 bits per heavy atom. The quantitative estimate of drug-likeness (QED) is 0.790. The molecular weight excluding hydrogens is 186 g/mol. The number of aromatic nitrogens is 1. The van der Waals surface area contributed by atoms with E-state index in [4.69, 9.17) is 0 Å². The number of hydrogen-bond donors (Lipinski definition) is 1. The van der Waals surface area contributed by atoms with Gasteiger partial charge in [-0.2, -0.15) is 0 Å². The summed E-state index contributed by atoms with van der Waals surface area (Å²) in [7, 11) is 2.00. The van der Waals surface area contributed by atoms with Gasteiger partial charge >= 0.3 is 0 Å². The fraction of sp³-hybridized carbons (Fsp3) is 0.0769. The zero-order valence-electron chi connectivity index (χ0n) is 8.59. The lowest BCUT2D eigenvalue weighted by Gasteiger charge is -1.97. The topological polar surface area (TPSA) is 25.2 Å². The van der Waals surface area contributed by atoms with E-state index in [0.717, 1.165) is 11.3 Å². The number of phenolic OH excluding ortho intramolecular Hbond substituents is 1. The number of aryl methyl sites for hydroxylation is 1. The summed E-state index contributed by atoms with van der Waals surface area (Å²) in [5.41, 5.74) is 2.13. The lowest BCUT2D eigenvalue weighted by atomic mass is 10.2. The highest BCUT2D eigenvalue weighted by molar-refractivity contribution is 5.68. The van der Waals surface area contributed by atoms with Crippen LogP contribution in [0.3, 0.4) is 0 Å². The summed E-state index contributed by atoms with van der Waals surface area (Å²) >= 11 is 0. The first-order valence-electron chi connectivity index (χ1n) is 4.84. The van der Waals surface area contributed by atoms with Crippen molar-refractivity contribution in [1.29, 1.82) is 0 Å². The van der Waals surface area contributed by atoms with Crippen molar-refractivity contribution in [2.75, 3.05) is 0 Å². The molecule has 2 heteroatoms. The largest absolute Gasteiger partial charge is 0.508 e. The number of rotatable bonds is 2. The fourth-order valence-corrected chi connectivity index (χ4v) is 1.46. The maximum absolute atomic E-state index is 9.29. The van der Waals surface area contributed by atoms with Gasteiger partial charge in [-0.1, -0.05) is 18.2 Å². The number of benzene rings is 1. The van der Waals surface area contributed by atoms with Crippen LogP contribution < -0.4 is 0 Å². The molecule has 0 aliphatic heterocycles. The Kier molecular flexibility index (Phi) is 2.59. The summed E-state index contributed by atoms with van der Waals surface area (Å²) in [6.07, 6.45) is 6.01. The van der Waals surface area contributed by atoms with E-state index in [2.05, 4.69) is 0 Å². The summed E-state index contributed by atoms with van der Waals surface area (Å²) in [6.45, 7) is 0. The number of hydrogen-bond acceptors (Lipinski definition) is 1. The van der Waals surface area contributed by atoms with Crippen LogP contribution in [0.5, 0.6) is 5.75 Å². The SMILES string of the molecule is Cn1cccc1C=Cc1cccc(O)c1. The van der Waals surface area contributed by atoms with Gasteiger partial charge in [0.15, 0.2) is 0 Å². The maximum atomic E-state index is 9.29. The Bertz CT molecular complexity index is 483. The van der Waals surface area contributed by atoms with Crippen molar-refractivity contribution in [3.8, 4) is 5.75 Å². The van der Waals surface area contributed by atoms with Gasteiger partial charge in [0.25, 0.3) is 0 Å². The summed E-state index contributed by atoms with van der Waals surface area (Å²) in [6, 6.07) is 11.2. The van der Waals surface area contributed by atoms with Crippen LogP contribution in [-0.2, 0) is 7.05 Å². The smallest absolute Gasteiger partial charge is 0.116 e. The fourth-order valence-electron chi connectivity index (χ4n) is 1.46. The third-order valence-electron chi connectivity index (χ3n) is 2.30. The van der Waals surface area contributed by atoms with Crippen molar-refractivity contribution >= 4 is 12.2 Å². The van der Waals surface area contributed by atoms with Crippen molar-refractivity contribution in [2.45, 2.75) is 0 Å². The first-order valence-corrected chi connectivity index (χ1v) is 4.84. The van der Waals surface area contributed by atoms with Crippen molar-refractivity contribution in [3.05, 3.63) is 53.9 Å². The van der Waals surface area contributed by atoms with Crippen LogP contribution in [0.2, 0.25) is 0 Å². The molecule has 1 aromatic heterocycles. The van der Waals surface area contributed by atoms with E-state index in [1.165, 1.54) is 0 Å². The van der Waals surface area contributed by atoms with Crippen LogP contribution in [0.4, 0.5) is 0 Å². The van der Waals surface area contributed by atoms with Crippen molar-refractivity contribution < 1.29 is 5.11 Å². The highest BCUT2D eigenvalue weighted by atomic mass is 16.3. The molecule has 0 amide bonds. The molecule has 2 rings (SSSR count). The van der Waals surface area contributed by atoms with Crippen LogP contribution in [0.25, 0.3) is 12.2 Å². The molecule has 15 heavy (non-hydrogen) atoms. The van der Waals surface area contributed by atoms with Gasteiger partial charge in [-0.3, -0.25) is 0 Å². The summed E-state index contributed by atoms with van der Waals surface area (Å²) in [5.74, 6) is 0.295. The van der Waals surface area contributed by atoms with Crippen LogP contribution in [0.1, 0.15) is 11.3 Å². The van der Waals surface area contributed by atoms with E-state index >= 15 is 0 Å².